The molecule has 2 aromatic carbocycles. The largest absolute Gasteiger partial charge is 0.324 e. The second kappa shape index (κ2) is 9.34. The maximum absolute atomic E-state index is 12.9. The number of benzene rings is 2. The van der Waals surface area contributed by atoms with Gasteiger partial charge in [-0.1, -0.05) is 43.0 Å². The summed E-state index contributed by atoms with van der Waals surface area (Å²) in [6, 6.07) is 14.6. The molecule has 2 heterocycles. The predicted octanol–water partition coefficient (Wildman–Crippen LogP) is 3.66. The number of amides is 2. The van der Waals surface area contributed by atoms with Crippen molar-refractivity contribution in [1.29, 1.82) is 0 Å². The Hall–Kier alpha value is -3.13. The van der Waals surface area contributed by atoms with Crippen LogP contribution in [-0.4, -0.2) is 33.7 Å². The second-order valence-corrected chi connectivity index (χ2v) is 8.31. The molecule has 1 aliphatic rings. The molecule has 1 aliphatic heterocycles. The number of nitrogens with one attached hydrogen (secondary N) is 1. The van der Waals surface area contributed by atoms with Gasteiger partial charge in [0.1, 0.15) is 0 Å². The van der Waals surface area contributed by atoms with Crippen LogP contribution in [0.3, 0.4) is 0 Å². The Labute approximate surface area is 184 Å². The maximum Gasteiger partial charge on any atom is 0.262 e. The van der Waals surface area contributed by atoms with E-state index in [2.05, 4.69) is 10.3 Å². The summed E-state index contributed by atoms with van der Waals surface area (Å²) >= 11 is 1.24. The first-order chi connectivity index (χ1) is 15.1. The zero-order chi connectivity index (χ0) is 21.8. The first-order valence-corrected chi connectivity index (χ1v) is 11.4. The minimum atomic E-state index is -0.213. The lowest BCUT2D eigenvalue weighted by molar-refractivity contribution is -0.117. The third kappa shape index (κ3) is 4.49. The highest BCUT2D eigenvalue weighted by molar-refractivity contribution is 7.99. The van der Waals surface area contributed by atoms with E-state index >= 15 is 0 Å². The molecule has 1 fully saturated rings. The molecule has 160 valence electrons. The fourth-order valence-corrected chi connectivity index (χ4v) is 4.54. The molecule has 0 saturated carbocycles. The highest BCUT2D eigenvalue weighted by Crippen LogP contribution is 2.29. The van der Waals surface area contributed by atoms with E-state index in [1.165, 1.54) is 11.8 Å². The smallest absolute Gasteiger partial charge is 0.262 e. The summed E-state index contributed by atoms with van der Waals surface area (Å²) in [5.41, 5.74) is 1.87. The summed E-state index contributed by atoms with van der Waals surface area (Å²) in [7, 11) is 0. The van der Waals surface area contributed by atoms with Gasteiger partial charge in [-0.2, -0.15) is 0 Å². The molecule has 2 amide bonds. The van der Waals surface area contributed by atoms with E-state index in [9.17, 15) is 14.4 Å². The maximum atomic E-state index is 12.9. The molecule has 0 unspecified atom stereocenters. The van der Waals surface area contributed by atoms with Crippen LogP contribution in [0.1, 0.15) is 26.2 Å². The number of carbonyl (C=O) groups excluding carboxylic acids is 2. The van der Waals surface area contributed by atoms with Gasteiger partial charge in [0, 0.05) is 19.5 Å². The number of hydrogen-bond acceptors (Lipinski definition) is 5. The number of nitrogens with zero attached hydrogens (tertiary/aromatic N) is 3. The highest BCUT2D eigenvalue weighted by Gasteiger charge is 2.24. The lowest BCUT2D eigenvalue weighted by atomic mass is 10.2. The minimum Gasteiger partial charge on any atom is -0.324 e. The van der Waals surface area contributed by atoms with Gasteiger partial charge in [0.25, 0.3) is 5.56 Å². The van der Waals surface area contributed by atoms with Gasteiger partial charge in [-0.25, -0.2) is 4.98 Å². The average molecular weight is 437 g/mol. The van der Waals surface area contributed by atoms with Crippen molar-refractivity contribution in [1.82, 2.24) is 9.55 Å². The standard InChI is InChI=1S/C23H24N4O3S/c1-2-13-27-22(30)16-8-3-4-9-17(16)25-23(27)31-15-20(28)24-18-10-5-6-11-19(18)26-14-7-12-21(26)29/h3-6,8-11H,2,7,12-15H2,1H3,(H,24,28). The Balaban J connectivity index is 1.52. The molecule has 0 bridgehead atoms. The number of aromatic nitrogens is 2. The number of hydrogen-bond donors (Lipinski definition) is 1. The molecule has 1 N–H and O–H groups in total. The van der Waals surface area contributed by atoms with Crippen LogP contribution in [0.2, 0.25) is 0 Å². The van der Waals surface area contributed by atoms with Crippen molar-refractivity contribution in [3.05, 3.63) is 58.9 Å². The van der Waals surface area contributed by atoms with Gasteiger partial charge < -0.3 is 10.2 Å². The van der Waals surface area contributed by atoms with E-state index < -0.39 is 0 Å². The summed E-state index contributed by atoms with van der Waals surface area (Å²) in [4.78, 5) is 44.0. The number of anilines is 2. The molecule has 3 aromatic rings. The van der Waals surface area contributed by atoms with Crippen molar-refractivity contribution < 1.29 is 9.59 Å². The normalized spacial score (nSPS) is 13.7. The third-order valence-electron chi connectivity index (χ3n) is 5.15. The lowest BCUT2D eigenvalue weighted by Gasteiger charge is -2.20. The van der Waals surface area contributed by atoms with Gasteiger partial charge in [-0.3, -0.25) is 19.0 Å². The molecule has 1 saturated heterocycles. The van der Waals surface area contributed by atoms with Crippen LogP contribution < -0.4 is 15.8 Å². The summed E-state index contributed by atoms with van der Waals surface area (Å²) in [5.74, 6) is -0.0360. The van der Waals surface area contributed by atoms with Gasteiger partial charge in [-0.05, 0) is 37.1 Å². The van der Waals surface area contributed by atoms with Crippen LogP contribution in [0.25, 0.3) is 10.9 Å². The van der Waals surface area contributed by atoms with Crippen LogP contribution in [0.4, 0.5) is 11.4 Å². The Bertz CT molecular complexity index is 1190. The zero-order valence-corrected chi connectivity index (χ0v) is 18.2. The Morgan fingerprint density at radius 3 is 2.68 bits per heavy atom. The quantitative estimate of drug-likeness (QED) is 0.451. The van der Waals surface area contributed by atoms with Crippen LogP contribution in [0.5, 0.6) is 0 Å². The molecule has 31 heavy (non-hydrogen) atoms. The molecule has 0 aliphatic carbocycles. The SMILES string of the molecule is CCCn1c(SCC(=O)Nc2ccccc2N2CCCC2=O)nc2ccccc2c1=O. The lowest BCUT2D eigenvalue weighted by Crippen LogP contribution is -2.26. The van der Waals surface area contributed by atoms with E-state index in [-0.39, 0.29) is 23.1 Å². The van der Waals surface area contributed by atoms with Crippen molar-refractivity contribution >= 4 is 45.9 Å². The van der Waals surface area contributed by atoms with E-state index in [0.29, 0.717) is 41.3 Å². The number of thioether (sulfide) groups is 1. The zero-order valence-electron chi connectivity index (χ0n) is 17.3. The number of carbonyl (C=O) groups is 2. The fourth-order valence-electron chi connectivity index (χ4n) is 3.71. The van der Waals surface area contributed by atoms with Crippen molar-refractivity contribution in [2.75, 3.05) is 22.5 Å². The van der Waals surface area contributed by atoms with E-state index in [4.69, 9.17) is 0 Å². The molecular weight excluding hydrogens is 412 g/mol. The molecular formula is C23H24N4O3S. The van der Waals surface area contributed by atoms with Crippen molar-refractivity contribution in [3.63, 3.8) is 0 Å². The van der Waals surface area contributed by atoms with Gasteiger partial charge in [-0.15, -0.1) is 0 Å². The van der Waals surface area contributed by atoms with Crippen LogP contribution >= 0.6 is 11.8 Å². The summed E-state index contributed by atoms with van der Waals surface area (Å²) in [6.07, 6.45) is 2.14. The van der Waals surface area contributed by atoms with Crippen LogP contribution in [-0.2, 0) is 16.1 Å². The Morgan fingerprint density at radius 1 is 1.13 bits per heavy atom. The topological polar surface area (TPSA) is 84.3 Å². The molecule has 0 spiro atoms. The van der Waals surface area contributed by atoms with Crippen molar-refractivity contribution in [2.45, 2.75) is 37.9 Å². The first kappa shape index (κ1) is 21.1. The van der Waals surface area contributed by atoms with E-state index in [1.807, 2.05) is 37.3 Å². The summed E-state index contributed by atoms with van der Waals surface area (Å²) in [5, 5.41) is 4.02. The van der Waals surface area contributed by atoms with Gasteiger partial charge in [0.15, 0.2) is 5.16 Å². The highest BCUT2D eigenvalue weighted by atomic mass is 32.2. The summed E-state index contributed by atoms with van der Waals surface area (Å²) < 4.78 is 1.64. The fraction of sp³-hybridized carbons (Fsp3) is 0.304. The predicted molar refractivity (Wildman–Crippen MR) is 124 cm³/mol. The number of fused-ring (bicyclic) bond motifs is 1. The number of rotatable bonds is 7. The van der Waals surface area contributed by atoms with Gasteiger partial charge in [0.05, 0.1) is 28.0 Å². The molecule has 8 heteroatoms. The first-order valence-electron chi connectivity index (χ1n) is 10.4. The van der Waals surface area contributed by atoms with E-state index in [1.54, 1.807) is 27.7 Å². The molecule has 1 aromatic heterocycles. The minimum absolute atomic E-state index is 0.0695. The van der Waals surface area contributed by atoms with E-state index in [0.717, 1.165) is 18.5 Å². The number of para-hydroxylation sites is 3. The Kier molecular flexibility index (Phi) is 6.36. The Morgan fingerprint density at radius 2 is 1.90 bits per heavy atom. The average Bonchev–Trinajstić information content (AvgIpc) is 3.20. The van der Waals surface area contributed by atoms with Gasteiger partial charge >= 0.3 is 0 Å². The molecule has 0 atom stereocenters. The molecule has 0 radical (unpaired) electrons. The molecule has 7 nitrogen and oxygen atoms in total. The monoisotopic (exact) mass is 436 g/mol. The van der Waals surface area contributed by atoms with Crippen molar-refractivity contribution in [3.8, 4) is 0 Å². The van der Waals surface area contributed by atoms with Crippen LogP contribution in [0.15, 0.2) is 58.5 Å². The molecule has 4 rings (SSSR count). The van der Waals surface area contributed by atoms with Crippen LogP contribution in [0, 0.1) is 0 Å². The van der Waals surface area contributed by atoms with Crippen molar-refractivity contribution in [2.24, 2.45) is 0 Å². The van der Waals surface area contributed by atoms with Gasteiger partial charge in [0.2, 0.25) is 11.8 Å². The summed E-state index contributed by atoms with van der Waals surface area (Å²) in [6.45, 7) is 3.20. The third-order valence-corrected chi connectivity index (χ3v) is 6.12. The second-order valence-electron chi connectivity index (χ2n) is 7.37.